The Kier molecular flexibility index (Phi) is 16.4. The molecule has 0 fully saturated rings. The van der Waals surface area contributed by atoms with E-state index in [1.54, 1.807) is 10.3 Å². The number of phenolic OH excluding ortho intramolecular Hbond substituents is 1. The zero-order valence-electron chi connectivity index (χ0n) is 26.8. The molecule has 0 saturated carbocycles. The topological polar surface area (TPSA) is 20.2 Å². The molecule has 0 radical (unpaired) electrons. The van der Waals surface area contributed by atoms with E-state index in [0.29, 0.717) is 5.75 Å². The predicted molar refractivity (Wildman–Crippen MR) is 188 cm³/mol. The van der Waals surface area contributed by atoms with Crippen LogP contribution in [-0.2, 0) is 10.8 Å². The second-order valence-corrected chi connectivity index (χ2v) is 17.9. The van der Waals surface area contributed by atoms with Crippen LogP contribution in [0, 0.1) is 3.82 Å². The Morgan fingerprint density at radius 2 is 1.05 bits per heavy atom. The number of aromatic hydroxyl groups is 1. The van der Waals surface area contributed by atoms with Gasteiger partial charge in [0.15, 0.2) is 0 Å². The van der Waals surface area contributed by atoms with Crippen LogP contribution in [0.25, 0.3) is 11.1 Å². The quantitative estimate of drug-likeness (QED) is 0.0728. The Hall–Kier alpha value is -0.360. The van der Waals surface area contributed by atoms with Crippen molar-refractivity contribution in [2.24, 2.45) is 0 Å². The van der Waals surface area contributed by atoms with Gasteiger partial charge in [0.25, 0.3) is 0 Å². The molecule has 228 valence electrons. The molecule has 0 aliphatic rings. The third-order valence-electron chi connectivity index (χ3n) is 7.85. The lowest BCUT2D eigenvalue weighted by molar-refractivity contribution is 0.423. The van der Waals surface area contributed by atoms with Crippen molar-refractivity contribution in [2.75, 3.05) is 5.75 Å². The molecule has 1 aromatic carbocycles. The maximum atomic E-state index is 11.2. The number of unbranched alkanes of at least 4 members (excludes halogenated alkanes) is 15. The molecule has 0 saturated heterocycles. The highest BCUT2D eigenvalue weighted by atomic mass is 32.9. The second kappa shape index (κ2) is 18.3. The van der Waals surface area contributed by atoms with E-state index in [0.717, 1.165) is 20.7 Å². The molecule has 0 atom stereocenters. The molecule has 40 heavy (non-hydrogen) atoms. The van der Waals surface area contributed by atoms with Gasteiger partial charge in [-0.05, 0) is 40.7 Å². The van der Waals surface area contributed by atoms with Gasteiger partial charge in [-0.25, -0.2) is 0 Å². The molecule has 0 spiro atoms. The molecule has 2 aromatic rings. The van der Waals surface area contributed by atoms with Gasteiger partial charge in [-0.1, -0.05) is 178 Å². The van der Waals surface area contributed by atoms with Crippen molar-refractivity contribution < 1.29 is 5.11 Å². The van der Waals surface area contributed by atoms with Gasteiger partial charge in [0.05, 0.1) is 4.21 Å². The Bertz CT molecular complexity index is 1000. The summed E-state index contributed by atoms with van der Waals surface area (Å²) in [5.41, 5.74) is 4.13. The number of hydrogen-bond donors (Lipinski definition) is 1. The number of benzene rings is 1. The van der Waals surface area contributed by atoms with Crippen molar-refractivity contribution in [1.29, 1.82) is 0 Å². The normalized spacial score (nSPS) is 12.4. The summed E-state index contributed by atoms with van der Waals surface area (Å²) in [5.74, 6) is 1.60. The predicted octanol–water partition coefficient (Wildman–Crippen LogP) is 13.9. The lowest BCUT2D eigenvalue weighted by atomic mass is 9.78. The van der Waals surface area contributed by atoms with Gasteiger partial charge in [0.2, 0.25) is 0 Å². The van der Waals surface area contributed by atoms with Crippen molar-refractivity contribution in [1.82, 2.24) is 0 Å². The summed E-state index contributed by atoms with van der Waals surface area (Å²) < 4.78 is 2.33. The zero-order valence-corrected chi connectivity index (χ0v) is 30.0. The summed E-state index contributed by atoms with van der Waals surface area (Å²) in [6.07, 6.45) is 22.5. The molecule has 1 heterocycles. The van der Waals surface area contributed by atoms with Crippen LogP contribution in [0.15, 0.2) is 16.3 Å². The SMILES string of the molecule is CCCCCCCCCCCCCCCCCCSc1ssc(=S)c1-c1cc(C(C)(C)C)c(O)c(C(C)(C)C)c1. The van der Waals surface area contributed by atoms with E-state index in [-0.39, 0.29) is 10.8 Å². The summed E-state index contributed by atoms with van der Waals surface area (Å²) in [5, 5.41) is 11.2. The molecule has 0 amide bonds. The Morgan fingerprint density at radius 1 is 0.650 bits per heavy atom. The number of hydrogen-bond acceptors (Lipinski definition) is 5. The lowest BCUT2D eigenvalue weighted by Crippen LogP contribution is -2.17. The zero-order chi connectivity index (χ0) is 29.6. The highest BCUT2D eigenvalue weighted by molar-refractivity contribution is 8.03. The van der Waals surface area contributed by atoms with Crippen LogP contribution in [-0.4, -0.2) is 10.9 Å². The van der Waals surface area contributed by atoms with E-state index >= 15 is 0 Å². The summed E-state index contributed by atoms with van der Waals surface area (Å²) in [7, 11) is 3.55. The minimum atomic E-state index is -0.137. The molecular weight excluding hydrogens is 565 g/mol. The standard InChI is InChI=1S/C35H58OS4/c1-8-9-10-11-12-13-14-15-16-17-18-19-20-21-22-23-24-38-33-30(32(37)39-40-33)27-25-28(34(2,3)4)31(36)29(26-27)35(5,6)7/h25-26,36H,8-24H2,1-7H3. The van der Waals surface area contributed by atoms with E-state index in [9.17, 15) is 5.11 Å². The fourth-order valence-electron chi connectivity index (χ4n) is 5.31. The first kappa shape index (κ1) is 35.8. The molecule has 0 aliphatic heterocycles. The van der Waals surface area contributed by atoms with E-state index in [1.807, 2.05) is 22.1 Å². The van der Waals surface area contributed by atoms with Crippen LogP contribution in [0.1, 0.15) is 162 Å². The highest BCUT2D eigenvalue weighted by Crippen LogP contribution is 2.46. The highest BCUT2D eigenvalue weighted by Gasteiger charge is 2.28. The molecule has 0 unspecified atom stereocenters. The van der Waals surface area contributed by atoms with Crippen molar-refractivity contribution in [3.8, 4) is 16.9 Å². The van der Waals surface area contributed by atoms with Gasteiger partial charge in [0.1, 0.15) is 9.57 Å². The third-order valence-corrected chi connectivity index (χ3v) is 12.5. The van der Waals surface area contributed by atoms with Crippen molar-refractivity contribution >= 4 is 44.7 Å². The molecule has 1 aromatic heterocycles. The van der Waals surface area contributed by atoms with Gasteiger partial charge in [-0.3, -0.25) is 0 Å². The average molecular weight is 623 g/mol. The first-order valence-electron chi connectivity index (χ1n) is 16.1. The summed E-state index contributed by atoms with van der Waals surface area (Å²) in [4.78, 5) is 0. The first-order chi connectivity index (χ1) is 19.0. The minimum Gasteiger partial charge on any atom is -0.507 e. The Morgan fingerprint density at radius 3 is 1.45 bits per heavy atom. The molecule has 2 rings (SSSR count). The monoisotopic (exact) mass is 622 g/mol. The van der Waals surface area contributed by atoms with Crippen molar-refractivity contribution in [3.63, 3.8) is 0 Å². The third kappa shape index (κ3) is 12.5. The molecule has 0 bridgehead atoms. The Labute approximate surface area is 264 Å². The maximum Gasteiger partial charge on any atom is 0.123 e. The molecule has 0 aliphatic carbocycles. The minimum absolute atomic E-state index is 0.137. The van der Waals surface area contributed by atoms with E-state index < -0.39 is 0 Å². The fraction of sp³-hybridized carbons (Fsp3) is 0.743. The van der Waals surface area contributed by atoms with Gasteiger partial charge in [0, 0.05) is 16.7 Å². The largest absolute Gasteiger partial charge is 0.507 e. The van der Waals surface area contributed by atoms with Crippen LogP contribution in [0.3, 0.4) is 0 Å². The van der Waals surface area contributed by atoms with Gasteiger partial charge in [-0.15, -0.1) is 11.8 Å². The van der Waals surface area contributed by atoms with Crippen LogP contribution in [0.2, 0.25) is 0 Å². The summed E-state index contributed by atoms with van der Waals surface area (Å²) in [6, 6.07) is 4.38. The van der Waals surface area contributed by atoms with Crippen LogP contribution in [0.4, 0.5) is 0 Å². The van der Waals surface area contributed by atoms with E-state index in [4.69, 9.17) is 12.2 Å². The summed E-state index contributed by atoms with van der Waals surface area (Å²) in [6.45, 7) is 15.4. The number of phenols is 1. The summed E-state index contributed by atoms with van der Waals surface area (Å²) >= 11 is 7.81. The van der Waals surface area contributed by atoms with Crippen LogP contribution >= 0.6 is 44.7 Å². The molecule has 1 N–H and O–H groups in total. The number of thioether (sulfide) groups is 1. The van der Waals surface area contributed by atoms with Crippen molar-refractivity contribution in [3.05, 3.63) is 27.1 Å². The fourth-order valence-corrected chi connectivity index (χ4v) is 9.89. The lowest BCUT2D eigenvalue weighted by Gasteiger charge is -2.28. The van der Waals surface area contributed by atoms with E-state index in [2.05, 4.69) is 60.6 Å². The smallest absolute Gasteiger partial charge is 0.123 e. The number of rotatable bonds is 19. The second-order valence-electron chi connectivity index (χ2n) is 13.7. The maximum absolute atomic E-state index is 11.2. The Balaban J connectivity index is 1.74. The average Bonchev–Trinajstić information content (AvgIpc) is 3.24. The van der Waals surface area contributed by atoms with E-state index in [1.165, 1.54) is 118 Å². The van der Waals surface area contributed by atoms with Gasteiger partial charge < -0.3 is 5.11 Å². The molecular formula is C35H58OS4. The van der Waals surface area contributed by atoms with Crippen molar-refractivity contribution in [2.45, 2.75) is 166 Å². The van der Waals surface area contributed by atoms with Gasteiger partial charge >= 0.3 is 0 Å². The molecule has 5 heteroatoms. The van der Waals surface area contributed by atoms with Crippen LogP contribution in [0.5, 0.6) is 5.75 Å². The van der Waals surface area contributed by atoms with Gasteiger partial charge in [-0.2, -0.15) is 0 Å². The molecule has 1 nitrogen and oxygen atoms in total. The first-order valence-corrected chi connectivity index (χ1v) is 19.7. The van der Waals surface area contributed by atoms with Crippen LogP contribution < -0.4 is 0 Å².